The third-order valence-corrected chi connectivity index (χ3v) is 5.08. The molecule has 3 fully saturated rings. The van der Waals surface area contributed by atoms with Gasteiger partial charge in [0.1, 0.15) is 0 Å². The van der Waals surface area contributed by atoms with Gasteiger partial charge in [0.25, 0.3) is 0 Å². The Morgan fingerprint density at radius 1 is 0.600 bits per heavy atom. The van der Waals surface area contributed by atoms with Crippen LogP contribution in [0.5, 0.6) is 0 Å². The Morgan fingerprint density at radius 2 is 1.20 bits per heavy atom. The van der Waals surface area contributed by atoms with Gasteiger partial charge in [-0.3, -0.25) is 0 Å². The van der Waals surface area contributed by atoms with Crippen LogP contribution in [0.15, 0.2) is 0 Å². The lowest BCUT2D eigenvalue weighted by Gasteiger charge is -2.34. The first-order chi connectivity index (χ1) is 7.42. The molecule has 2 unspecified atom stereocenters. The molecule has 0 spiro atoms. The Balaban J connectivity index is 1.61. The molecule has 0 aromatic rings. The van der Waals surface area contributed by atoms with Gasteiger partial charge in [0.15, 0.2) is 0 Å². The summed E-state index contributed by atoms with van der Waals surface area (Å²) in [6.07, 6.45) is 15.1. The fourth-order valence-electron chi connectivity index (χ4n) is 4.27. The third-order valence-electron chi connectivity index (χ3n) is 5.08. The van der Waals surface area contributed by atoms with Crippen molar-refractivity contribution in [3.63, 3.8) is 0 Å². The van der Waals surface area contributed by atoms with E-state index < -0.39 is 0 Å². The predicted octanol–water partition coefficient (Wildman–Crippen LogP) is 3.49. The van der Waals surface area contributed by atoms with Gasteiger partial charge in [0, 0.05) is 12.1 Å². The highest BCUT2D eigenvalue weighted by atomic mass is 15.0. The number of nitrogens with one attached hydrogen (secondary N) is 1. The Kier molecular flexibility index (Phi) is 3.01. The first-order valence-corrected chi connectivity index (χ1v) is 7.18. The standard InChI is InChI=1S/C14H25N/c1-2-4-6-11(5-3-1)12-9-13-7-8-14(10-12)15-13/h11-15H,1-10H2. The summed E-state index contributed by atoms with van der Waals surface area (Å²) in [7, 11) is 0. The smallest absolute Gasteiger partial charge is 0.00729 e. The van der Waals surface area contributed by atoms with Gasteiger partial charge in [-0.1, -0.05) is 38.5 Å². The number of fused-ring (bicyclic) bond motifs is 2. The molecule has 2 aliphatic heterocycles. The largest absolute Gasteiger partial charge is 0.311 e. The molecule has 2 bridgehead atoms. The van der Waals surface area contributed by atoms with Crippen LogP contribution in [0.3, 0.4) is 0 Å². The highest BCUT2D eigenvalue weighted by Gasteiger charge is 2.36. The van der Waals surface area contributed by atoms with E-state index in [1.807, 2.05) is 0 Å². The van der Waals surface area contributed by atoms with Crippen LogP contribution in [-0.4, -0.2) is 12.1 Å². The van der Waals surface area contributed by atoms with Gasteiger partial charge in [-0.2, -0.15) is 0 Å². The fourth-order valence-corrected chi connectivity index (χ4v) is 4.27. The van der Waals surface area contributed by atoms with Crippen molar-refractivity contribution >= 4 is 0 Å². The summed E-state index contributed by atoms with van der Waals surface area (Å²) in [5, 5.41) is 3.77. The van der Waals surface area contributed by atoms with Crippen molar-refractivity contribution < 1.29 is 0 Å². The molecule has 3 aliphatic rings. The van der Waals surface area contributed by atoms with E-state index in [-0.39, 0.29) is 0 Å². The van der Waals surface area contributed by atoms with Gasteiger partial charge < -0.3 is 5.32 Å². The molecule has 1 aliphatic carbocycles. The van der Waals surface area contributed by atoms with E-state index in [2.05, 4.69) is 5.32 Å². The Hall–Kier alpha value is -0.0400. The number of rotatable bonds is 1. The topological polar surface area (TPSA) is 12.0 Å². The summed E-state index contributed by atoms with van der Waals surface area (Å²) in [6.45, 7) is 0. The summed E-state index contributed by atoms with van der Waals surface area (Å²) >= 11 is 0. The van der Waals surface area contributed by atoms with Gasteiger partial charge in [0.05, 0.1) is 0 Å². The Bertz CT molecular complexity index is 193. The molecule has 2 heterocycles. The quantitative estimate of drug-likeness (QED) is 0.649. The molecule has 3 rings (SSSR count). The van der Waals surface area contributed by atoms with Gasteiger partial charge >= 0.3 is 0 Å². The number of piperidine rings is 1. The summed E-state index contributed by atoms with van der Waals surface area (Å²) < 4.78 is 0. The molecular formula is C14H25N. The minimum absolute atomic E-state index is 0.900. The molecule has 0 radical (unpaired) electrons. The van der Waals surface area contributed by atoms with Crippen molar-refractivity contribution in [1.82, 2.24) is 5.32 Å². The summed E-state index contributed by atoms with van der Waals surface area (Å²) in [6, 6.07) is 1.80. The zero-order valence-electron chi connectivity index (χ0n) is 9.88. The average Bonchev–Trinajstić information content (AvgIpc) is 2.51. The fraction of sp³-hybridized carbons (Fsp3) is 1.00. The van der Waals surface area contributed by atoms with Crippen LogP contribution in [-0.2, 0) is 0 Å². The molecular weight excluding hydrogens is 182 g/mol. The van der Waals surface area contributed by atoms with Gasteiger partial charge in [-0.25, -0.2) is 0 Å². The molecule has 0 amide bonds. The van der Waals surface area contributed by atoms with Gasteiger partial charge in [-0.05, 0) is 37.5 Å². The summed E-state index contributed by atoms with van der Waals surface area (Å²) in [5.74, 6) is 2.18. The number of hydrogen-bond acceptors (Lipinski definition) is 1. The molecule has 0 aromatic carbocycles. The molecule has 1 saturated carbocycles. The van der Waals surface area contributed by atoms with Crippen molar-refractivity contribution in [2.75, 3.05) is 0 Å². The van der Waals surface area contributed by atoms with Crippen LogP contribution < -0.4 is 5.32 Å². The van der Waals surface area contributed by atoms with Crippen molar-refractivity contribution in [2.45, 2.75) is 76.3 Å². The van der Waals surface area contributed by atoms with Gasteiger partial charge in [-0.15, -0.1) is 0 Å². The van der Waals surface area contributed by atoms with Crippen molar-refractivity contribution in [2.24, 2.45) is 11.8 Å². The van der Waals surface area contributed by atoms with E-state index in [0.29, 0.717) is 0 Å². The molecule has 1 N–H and O–H groups in total. The normalized spacial score (nSPS) is 42.8. The van der Waals surface area contributed by atoms with Crippen LogP contribution in [0, 0.1) is 11.8 Å². The first-order valence-electron chi connectivity index (χ1n) is 7.18. The number of hydrogen-bond donors (Lipinski definition) is 1. The highest BCUT2D eigenvalue weighted by molar-refractivity contribution is 4.94. The lowest BCUT2D eigenvalue weighted by molar-refractivity contribution is 0.199. The van der Waals surface area contributed by atoms with E-state index >= 15 is 0 Å². The van der Waals surface area contributed by atoms with Crippen molar-refractivity contribution in [1.29, 1.82) is 0 Å². The maximum absolute atomic E-state index is 3.77. The van der Waals surface area contributed by atoms with E-state index in [0.717, 1.165) is 23.9 Å². The second-order valence-electron chi connectivity index (χ2n) is 6.12. The zero-order chi connectivity index (χ0) is 10.1. The van der Waals surface area contributed by atoms with Crippen LogP contribution in [0.4, 0.5) is 0 Å². The molecule has 86 valence electrons. The lowest BCUT2D eigenvalue weighted by Crippen LogP contribution is -2.40. The van der Waals surface area contributed by atoms with E-state index in [1.54, 1.807) is 12.8 Å². The maximum atomic E-state index is 3.77. The maximum Gasteiger partial charge on any atom is 0.00729 e. The zero-order valence-corrected chi connectivity index (χ0v) is 9.88. The minimum Gasteiger partial charge on any atom is -0.311 e. The molecule has 15 heavy (non-hydrogen) atoms. The van der Waals surface area contributed by atoms with Crippen LogP contribution in [0.25, 0.3) is 0 Å². The molecule has 0 aromatic heterocycles. The second-order valence-corrected chi connectivity index (χ2v) is 6.12. The van der Waals surface area contributed by atoms with Crippen LogP contribution >= 0.6 is 0 Å². The third kappa shape index (κ3) is 2.22. The van der Waals surface area contributed by atoms with Crippen molar-refractivity contribution in [3.05, 3.63) is 0 Å². The van der Waals surface area contributed by atoms with E-state index in [9.17, 15) is 0 Å². The Labute approximate surface area is 94.0 Å². The molecule has 1 nitrogen and oxygen atoms in total. The Morgan fingerprint density at radius 3 is 1.80 bits per heavy atom. The predicted molar refractivity (Wildman–Crippen MR) is 63.9 cm³/mol. The highest BCUT2D eigenvalue weighted by Crippen LogP contribution is 2.40. The molecule has 2 saturated heterocycles. The molecule has 2 atom stereocenters. The lowest BCUT2D eigenvalue weighted by atomic mass is 9.78. The SMILES string of the molecule is C1CCCC(C2CC3CCC(C2)N3)CC1. The van der Waals surface area contributed by atoms with Gasteiger partial charge in [0.2, 0.25) is 0 Å². The van der Waals surface area contributed by atoms with E-state index in [1.165, 1.54) is 51.4 Å². The average molecular weight is 207 g/mol. The monoisotopic (exact) mass is 207 g/mol. The minimum atomic E-state index is 0.900. The van der Waals surface area contributed by atoms with E-state index in [4.69, 9.17) is 0 Å². The summed E-state index contributed by atoms with van der Waals surface area (Å²) in [5.41, 5.74) is 0. The second kappa shape index (κ2) is 4.45. The summed E-state index contributed by atoms with van der Waals surface area (Å²) in [4.78, 5) is 0. The van der Waals surface area contributed by atoms with Crippen molar-refractivity contribution in [3.8, 4) is 0 Å². The molecule has 1 heteroatoms. The van der Waals surface area contributed by atoms with Crippen LogP contribution in [0.1, 0.15) is 64.2 Å². The first kappa shape index (κ1) is 10.1. The van der Waals surface area contributed by atoms with Crippen LogP contribution in [0.2, 0.25) is 0 Å².